The molecular formula is C29H35ClN4O7. The molecular weight excluding hydrogens is 552 g/mol. The van der Waals surface area contributed by atoms with Crippen LogP contribution in [0.5, 0.6) is 17.2 Å². The van der Waals surface area contributed by atoms with E-state index in [1.54, 1.807) is 55.1 Å². The molecule has 1 heterocycles. The first-order valence-corrected chi connectivity index (χ1v) is 13.0. The fraction of sp³-hybridized carbons (Fsp3) is 0.379. The lowest BCUT2D eigenvalue weighted by Crippen LogP contribution is -3.00. The van der Waals surface area contributed by atoms with Gasteiger partial charge in [-0.1, -0.05) is 24.3 Å². The van der Waals surface area contributed by atoms with Crippen molar-refractivity contribution in [1.82, 2.24) is 15.2 Å². The van der Waals surface area contributed by atoms with E-state index in [0.717, 1.165) is 5.82 Å². The Hall–Kier alpha value is -3.93. The number of fused-ring (bicyclic) bond motifs is 2. The molecule has 2 N–H and O–H groups in total. The molecule has 12 heteroatoms. The van der Waals surface area contributed by atoms with E-state index in [0.29, 0.717) is 84.5 Å². The number of nitrogens with zero attached hydrogens (tertiary/aromatic N) is 2. The summed E-state index contributed by atoms with van der Waals surface area (Å²) in [5.41, 5.74) is 2.00. The molecule has 0 spiro atoms. The van der Waals surface area contributed by atoms with Crippen LogP contribution in [0.2, 0.25) is 0 Å². The van der Waals surface area contributed by atoms with Gasteiger partial charge in [-0.25, -0.2) is 9.13 Å². The molecule has 0 saturated carbocycles. The molecule has 0 unspecified atom stereocenters. The van der Waals surface area contributed by atoms with Crippen LogP contribution in [-0.2, 0) is 24.9 Å². The maximum atomic E-state index is 13.4. The molecule has 0 bridgehead atoms. The molecule has 1 amide bonds. The van der Waals surface area contributed by atoms with E-state index in [2.05, 4.69) is 10.6 Å². The standard InChI is InChI=1S/C29H34N4O7.ClH/c1-32-23(33(13-14-37-2)25-24(32)26(34)19-9-6-7-10-20(19)27(25)35)17-30-11-8-12-31-29(36)18-15-21(38-3)28(40-5)22(16-18)39-4;/h6-7,9-10,15-16,30H,8,11-14,17H2,1-5H3;1H. The van der Waals surface area contributed by atoms with Crippen molar-refractivity contribution >= 4 is 17.5 Å². The van der Waals surface area contributed by atoms with Crippen LogP contribution in [0.15, 0.2) is 36.4 Å². The average molecular weight is 587 g/mol. The Bertz CT molecular complexity index is 1410. The third-order valence-electron chi connectivity index (χ3n) is 6.92. The molecule has 41 heavy (non-hydrogen) atoms. The minimum atomic E-state index is -0.261. The van der Waals surface area contributed by atoms with Crippen molar-refractivity contribution in [2.45, 2.75) is 19.5 Å². The SMILES string of the molecule is COCCn1c2c([n+](C)c1CNCCCNC(=O)c1cc(OC)c(OC)c(OC)c1)C(=O)c1ccccc1C2=O.[Cl-]. The summed E-state index contributed by atoms with van der Waals surface area (Å²) in [7, 11) is 7.90. The lowest BCUT2D eigenvalue weighted by atomic mass is 9.90. The van der Waals surface area contributed by atoms with E-state index in [1.807, 2.05) is 4.57 Å². The summed E-state index contributed by atoms with van der Waals surface area (Å²) < 4.78 is 24.9. The highest BCUT2D eigenvalue weighted by atomic mass is 35.5. The maximum absolute atomic E-state index is 13.4. The zero-order valence-electron chi connectivity index (χ0n) is 23.8. The highest BCUT2D eigenvalue weighted by Gasteiger charge is 2.42. The highest BCUT2D eigenvalue weighted by molar-refractivity contribution is 6.26. The Morgan fingerprint density at radius 1 is 0.927 bits per heavy atom. The molecule has 4 rings (SSSR count). The Balaban J connectivity index is 0.00000462. The molecule has 0 atom stereocenters. The number of amides is 1. The molecule has 1 aromatic heterocycles. The number of hydrogen-bond donors (Lipinski definition) is 2. The zero-order valence-corrected chi connectivity index (χ0v) is 24.6. The molecule has 3 aromatic rings. The summed E-state index contributed by atoms with van der Waals surface area (Å²) in [4.78, 5) is 39.5. The van der Waals surface area contributed by atoms with Gasteiger partial charge < -0.3 is 42.0 Å². The Labute approximate surface area is 245 Å². The quantitative estimate of drug-likeness (QED) is 0.146. The van der Waals surface area contributed by atoms with Gasteiger partial charge in [0.05, 0.1) is 41.5 Å². The number of ketones is 2. The van der Waals surface area contributed by atoms with Crippen LogP contribution in [-0.4, -0.2) is 70.2 Å². The second-order valence-corrected chi connectivity index (χ2v) is 9.22. The molecule has 2 aromatic carbocycles. The van der Waals surface area contributed by atoms with Crippen LogP contribution in [0, 0.1) is 0 Å². The summed E-state index contributed by atoms with van der Waals surface area (Å²) >= 11 is 0. The van der Waals surface area contributed by atoms with Crippen LogP contribution in [0.1, 0.15) is 54.7 Å². The Morgan fingerprint density at radius 3 is 2.15 bits per heavy atom. The molecule has 0 radical (unpaired) electrons. The van der Waals surface area contributed by atoms with Crippen molar-refractivity contribution in [1.29, 1.82) is 0 Å². The van der Waals surface area contributed by atoms with Crippen molar-refractivity contribution in [3.63, 3.8) is 0 Å². The Morgan fingerprint density at radius 2 is 1.56 bits per heavy atom. The van der Waals surface area contributed by atoms with Gasteiger partial charge in [0.2, 0.25) is 28.7 Å². The van der Waals surface area contributed by atoms with Gasteiger partial charge in [-0.2, -0.15) is 0 Å². The van der Waals surface area contributed by atoms with Gasteiger partial charge in [0, 0.05) is 30.3 Å². The van der Waals surface area contributed by atoms with Gasteiger partial charge in [0.15, 0.2) is 11.5 Å². The average Bonchev–Trinajstić information content (AvgIpc) is 3.26. The smallest absolute Gasteiger partial charge is 0.271 e. The number of imidazole rings is 1. The second-order valence-electron chi connectivity index (χ2n) is 9.22. The first kappa shape index (κ1) is 31.6. The molecule has 11 nitrogen and oxygen atoms in total. The van der Waals surface area contributed by atoms with E-state index in [1.165, 1.54) is 21.3 Å². The number of rotatable bonds is 13. The number of carbonyl (C=O) groups is 3. The molecule has 1 aliphatic rings. The molecule has 0 saturated heterocycles. The van der Waals surface area contributed by atoms with Crippen LogP contribution >= 0.6 is 0 Å². The van der Waals surface area contributed by atoms with Crippen molar-refractivity contribution < 1.29 is 50.3 Å². The van der Waals surface area contributed by atoms with Crippen molar-refractivity contribution in [3.8, 4) is 17.2 Å². The van der Waals surface area contributed by atoms with Gasteiger partial charge in [0.25, 0.3) is 11.7 Å². The summed E-state index contributed by atoms with van der Waals surface area (Å²) in [6.45, 7) is 2.28. The van der Waals surface area contributed by atoms with Crippen molar-refractivity contribution in [3.05, 3.63) is 70.3 Å². The number of methoxy groups -OCH3 is 4. The third-order valence-corrected chi connectivity index (χ3v) is 6.92. The van der Waals surface area contributed by atoms with Crippen molar-refractivity contribution in [2.24, 2.45) is 7.05 Å². The molecule has 1 aliphatic carbocycles. The number of aromatic nitrogens is 2. The van der Waals surface area contributed by atoms with E-state index in [4.69, 9.17) is 18.9 Å². The normalized spacial score (nSPS) is 11.8. The first-order valence-electron chi connectivity index (χ1n) is 13.0. The lowest BCUT2D eigenvalue weighted by molar-refractivity contribution is -0.680. The second kappa shape index (κ2) is 14.1. The lowest BCUT2D eigenvalue weighted by Gasteiger charge is -2.14. The highest BCUT2D eigenvalue weighted by Crippen LogP contribution is 2.38. The third kappa shape index (κ3) is 6.22. The van der Waals surface area contributed by atoms with Crippen LogP contribution in [0.25, 0.3) is 0 Å². The molecule has 0 fully saturated rings. The maximum Gasteiger partial charge on any atom is 0.271 e. The fourth-order valence-corrected chi connectivity index (χ4v) is 4.92. The minimum absolute atomic E-state index is 0. The van der Waals surface area contributed by atoms with E-state index >= 15 is 0 Å². The summed E-state index contributed by atoms with van der Waals surface area (Å²) in [5, 5.41) is 6.27. The van der Waals surface area contributed by atoms with E-state index in [9.17, 15) is 14.4 Å². The number of benzene rings is 2. The van der Waals surface area contributed by atoms with Crippen LogP contribution < -0.4 is 41.8 Å². The van der Waals surface area contributed by atoms with E-state index in [-0.39, 0.29) is 29.9 Å². The first-order chi connectivity index (χ1) is 19.4. The monoisotopic (exact) mass is 586 g/mol. The predicted octanol–water partition coefficient (Wildman–Crippen LogP) is -1.33. The Kier molecular flexibility index (Phi) is 10.9. The molecule has 0 aliphatic heterocycles. The van der Waals surface area contributed by atoms with Crippen LogP contribution in [0.4, 0.5) is 0 Å². The van der Waals surface area contributed by atoms with Gasteiger partial charge in [-0.3, -0.25) is 14.4 Å². The van der Waals surface area contributed by atoms with E-state index < -0.39 is 0 Å². The predicted molar refractivity (Wildman–Crippen MR) is 146 cm³/mol. The number of nitrogens with one attached hydrogen (secondary N) is 2. The zero-order chi connectivity index (χ0) is 28.8. The largest absolute Gasteiger partial charge is 1.00 e. The number of ether oxygens (including phenoxy) is 4. The van der Waals surface area contributed by atoms with Gasteiger partial charge in [-0.15, -0.1) is 0 Å². The number of halogens is 1. The van der Waals surface area contributed by atoms with Crippen molar-refractivity contribution in [2.75, 3.05) is 48.1 Å². The number of hydrogen-bond acceptors (Lipinski definition) is 8. The number of carbonyl (C=O) groups excluding carboxylic acids is 3. The van der Waals surface area contributed by atoms with Gasteiger partial charge in [0.1, 0.15) is 6.54 Å². The molecule has 220 valence electrons. The van der Waals surface area contributed by atoms with Gasteiger partial charge >= 0.3 is 0 Å². The fourth-order valence-electron chi connectivity index (χ4n) is 4.92. The van der Waals surface area contributed by atoms with Crippen LogP contribution in [0.3, 0.4) is 0 Å². The van der Waals surface area contributed by atoms with Gasteiger partial charge in [-0.05, 0) is 25.1 Å². The topological polar surface area (TPSA) is 121 Å². The summed E-state index contributed by atoms with van der Waals surface area (Å²) in [6, 6.07) is 10.1. The minimum Gasteiger partial charge on any atom is -1.00 e. The summed E-state index contributed by atoms with van der Waals surface area (Å²) in [5.74, 6) is 1.42. The summed E-state index contributed by atoms with van der Waals surface area (Å²) in [6.07, 6.45) is 0.654.